The molecule has 4 heteroatoms. The highest BCUT2D eigenvalue weighted by atomic mass is 35.5. The van der Waals surface area contributed by atoms with E-state index < -0.39 is 0 Å². The molecule has 0 saturated heterocycles. The average molecular weight is 276 g/mol. The standard InChI is InChI=1S/C13H19Cl2NO/c1-3-7-16-13(6-8-17-2)11-9-10(14)4-5-12(11)15/h4-5,9,13,16H,3,6-8H2,1-2H3. The molecule has 0 aromatic heterocycles. The molecule has 1 atom stereocenters. The third-order valence-electron chi connectivity index (χ3n) is 2.58. The molecule has 0 aliphatic heterocycles. The topological polar surface area (TPSA) is 21.3 Å². The van der Waals surface area contributed by atoms with E-state index in [1.807, 2.05) is 12.1 Å². The van der Waals surface area contributed by atoms with Crippen LogP contribution in [0.4, 0.5) is 0 Å². The van der Waals surface area contributed by atoms with Crippen LogP contribution in [0.25, 0.3) is 0 Å². The first-order chi connectivity index (χ1) is 8.19. The molecule has 1 rings (SSSR count). The molecule has 1 unspecified atom stereocenters. The molecule has 1 aromatic carbocycles. The van der Waals surface area contributed by atoms with Crippen LogP contribution in [0, 0.1) is 0 Å². The van der Waals surface area contributed by atoms with E-state index in [0.29, 0.717) is 11.6 Å². The predicted octanol–water partition coefficient (Wildman–Crippen LogP) is 4.07. The SMILES string of the molecule is CCCNC(CCOC)c1cc(Cl)ccc1Cl. The summed E-state index contributed by atoms with van der Waals surface area (Å²) in [5, 5.41) is 4.93. The monoisotopic (exact) mass is 275 g/mol. The van der Waals surface area contributed by atoms with Gasteiger partial charge >= 0.3 is 0 Å². The lowest BCUT2D eigenvalue weighted by molar-refractivity contribution is 0.183. The Labute approximate surface area is 113 Å². The van der Waals surface area contributed by atoms with Crippen molar-refractivity contribution in [3.8, 4) is 0 Å². The third kappa shape index (κ3) is 4.84. The van der Waals surface area contributed by atoms with Crippen LogP contribution in [0.1, 0.15) is 31.4 Å². The molecule has 0 amide bonds. The molecule has 1 aromatic rings. The highest BCUT2D eigenvalue weighted by molar-refractivity contribution is 6.33. The Kier molecular flexibility index (Phi) is 6.90. The molecule has 96 valence electrons. The molecule has 0 radical (unpaired) electrons. The lowest BCUT2D eigenvalue weighted by Crippen LogP contribution is -2.23. The zero-order valence-corrected chi connectivity index (χ0v) is 11.8. The molecule has 0 heterocycles. The van der Waals surface area contributed by atoms with E-state index >= 15 is 0 Å². The number of methoxy groups -OCH3 is 1. The van der Waals surface area contributed by atoms with Crippen LogP contribution in [0.3, 0.4) is 0 Å². The van der Waals surface area contributed by atoms with Crippen LogP contribution in [0.15, 0.2) is 18.2 Å². The van der Waals surface area contributed by atoms with Crippen LogP contribution in [0.2, 0.25) is 10.0 Å². The van der Waals surface area contributed by atoms with Crippen LogP contribution in [-0.4, -0.2) is 20.3 Å². The minimum atomic E-state index is 0.195. The Balaban J connectivity index is 2.82. The van der Waals surface area contributed by atoms with Gasteiger partial charge in [-0.3, -0.25) is 0 Å². The minimum absolute atomic E-state index is 0.195. The Morgan fingerprint density at radius 2 is 2.12 bits per heavy atom. The van der Waals surface area contributed by atoms with Gasteiger partial charge in [0.05, 0.1) is 0 Å². The molecule has 0 bridgehead atoms. The average Bonchev–Trinajstić information content (AvgIpc) is 2.33. The number of benzene rings is 1. The van der Waals surface area contributed by atoms with Gasteiger partial charge < -0.3 is 10.1 Å². The Bertz CT molecular complexity index is 336. The predicted molar refractivity (Wildman–Crippen MR) is 74.0 cm³/mol. The smallest absolute Gasteiger partial charge is 0.0480 e. The first-order valence-corrected chi connectivity index (χ1v) is 6.62. The van der Waals surface area contributed by atoms with E-state index in [9.17, 15) is 0 Å². The zero-order chi connectivity index (χ0) is 12.7. The lowest BCUT2D eigenvalue weighted by atomic mass is 10.0. The van der Waals surface area contributed by atoms with Crippen molar-refractivity contribution in [3.05, 3.63) is 33.8 Å². The van der Waals surface area contributed by atoms with Crippen LogP contribution in [-0.2, 0) is 4.74 Å². The largest absolute Gasteiger partial charge is 0.385 e. The van der Waals surface area contributed by atoms with Crippen molar-refractivity contribution in [3.63, 3.8) is 0 Å². The van der Waals surface area contributed by atoms with Gasteiger partial charge in [-0.1, -0.05) is 30.1 Å². The summed E-state index contributed by atoms with van der Waals surface area (Å²) in [6.45, 7) is 3.79. The fourth-order valence-electron chi connectivity index (χ4n) is 1.70. The van der Waals surface area contributed by atoms with Crippen molar-refractivity contribution in [2.45, 2.75) is 25.8 Å². The number of hydrogen-bond acceptors (Lipinski definition) is 2. The molecule has 0 spiro atoms. The summed E-state index contributed by atoms with van der Waals surface area (Å²) in [6.07, 6.45) is 1.97. The molecule has 2 nitrogen and oxygen atoms in total. The van der Waals surface area contributed by atoms with E-state index in [4.69, 9.17) is 27.9 Å². The van der Waals surface area contributed by atoms with Crippen molar-refractivity contribution in [1.29, 1.82) is 0 Å². The molecule has 17 heavy (non-hydrogen) atoms. The minimum Gasteiger partial charge on any atom is -0.385 e. The molecule has 1 N–H and O–H groups in total. The summed E-state index contributed by atoms with van der Waals surface area (Å²) in [7, 11) is 1.70. The number of nitrogens with one attached hydrogen (secondary N) is 1. The summed E-state index contributed by atoms with van der Waals surface area (Å²) in [5.41, 5.74) is 1.05. The maximum atomic E-state index is 6.21. The van der Waals surface area contributed by atoms with Crippen molar-refractivity contribution < 1.29 is 4.74 Å². The number of rotatable bonds is 7. The van der Waals surface area contributed by atoms with E-state index in [-0.39, 0.29) is 6.04 Å². The van der Waals surface area contributed by atoms with Gasteiger partial charge in [-0.2, -0.15) is 0 Å². The van der Waals surface area contributed by atoms with Gasteiger partial charge in [0.15, 0.2) is 0 Å². The van der Waals surface area contributed by atoms with Crippen LogP contribution >= 0.6 is 23.2 Å². The lowest BCUT2D eigenvalue weighted by Gasteiger charge is -2.20. The highest BCUT2D eigenvalue weighted by Crippen LogP contribution is 2.28. The molecular formula is C13H19Cl2NO. The van der Waals surface area contributed by atoms with Crippen molar-refractivity contribution in [2.75, 3.05) is 20.3 Å². The van der Waals surface area contributed by atoms with E-state index in [0.717, 1.165) is 30.0 Å². The van der Waals surface area contributed by atoms with Gasteiger partial charge in [-0.15, -0.1) is 0 Å². The van der Waals surface area contributed by atoms with Crippen molar-refractivity contribution >= 4 is 23.2 Å². The summed E-state index contributed by atoms with van der Waals surface area (Å²) in [6, 6.07) is 5.77. The van der Waals surface area contributed by atoms with Gasteiger partial charge in [-0.25, -0.2) is 0 Å². The number of ether oxygens (including phenoxy) is 1. The summed E-state index contributed by atoms with van der Waals surface area (Å²) < 4.78 is 5.13. The van der Waals surface area contributed by atoms with Crippen molar-refractivity contribution in [1.82, 2.24) is 5.32 Å². The van der Waals surface area contributed by atoms with E-state index in [2.05, 4.69) is 12.2 Å². The van der Waals surface area contributed by atoms with E-state index in [1.54, 1.807) is 13.2 Å². The molecule has 0 fully saturated rings. The van der Waals surface area contributed by atoms with Crippen LogP contribution < -0.4 is 5.32 Å². The van der Waals surface area contributed by atoms with Gasteiger partial charge in [0, 0.05) is 29.8 Å². The second-order valence-corrected chi connectivity index (χ2v) is 4.80. The van der Waals surface area contributed by atoms with E-state index in [1.165, 1.54) is 0 Å². The first-order valence-electron chi connectivity index (χ1n) is 5.86. The second-order valence-electron chi connectivity index (χ2n) is 3.95. The fourth-order valence-corrected chi connectivity index (χ4v) is 2.13. The van der Waals surface area contributed by atoms with Crippen molar-refractivity contribution in [2.24, 2.45) is 0 Å². The molecular weight excluding hydrogens is 257 g/mol. The third-order valence-corrected chi connectivity index (χ3v) is 3.16. The van der Waals surface area contributed by atoms with Gasteiger partial charge in [0.25, 0.3) is 0 Å². The summed E-state index contributed by atoms with van der Waals surface area (Å²) >= 11 is 12.2. The maximum Gasteiger partial charge on any atom is 0.0480 e. The number of hydrogen-bond donors (Lipinski definition) is 1. The summed E-state index contributed by atoms with van der Waals surface area (Å²) in [4.78, 5) is 0. The highest BCUT2D eigenvalue weighted by Gasteiger charge is 2.14. The normalized spacial score (nSPS) is 12.7. The Morgan fingerprint density at radius 3 is 2.76 bits per heavy atom. The van der Waals surface area contributed by atoms with Gasteiger partial charge in [0.2, 0.25) is 0 Å². The quantitative estimate of drug-likeness (QED) is 0.810. The van der Waals surface area contributed by atoms with Gasteiger partial charge in [-0.05, 0) is 43.1 Å². The number of halogens is 2. The first kappa shape index (κ1) is 14.8. The fraction of sp³-hybridized carbons (Fsp3) is 0.538. The Morgan fingerprint density at radius 1 is 1.35 bits per heavy atom. The zero-order valence-electron chi connectivity index (χ0n) is 10.3. The second kappa shape index (κ2) is 7.93. The Hall–Kier alpha value is -0.280. The maximum absolute atomic E-state index is 6.21. The molecule has 0 saturated carbocycles. The molecule has 0 aliphatic carbocycles. The summed E-state index contributed by atoms with van der Waals surface area (Å²) in [5.74, 6) is 0. The van der Waals surface area contributed by atoms with Gasteiger partial charge in [0.1, 0.15) is 0 Å². The molecule has 0 aliphatic rings. The van der Waals surface area contributed by atoms with Crippen LogP contribution in [0.5, 0.6) is 0 Å².